The van der Waals surface area contributed by atoms with Gasteiger partial charge in [-0.2, -0.15) is 0 Å². The van der Waals surface area contributed by atoms with Crippen LogP contribution in [0.15, 0.2) is 30.3 Å². The molecule has 236 valence electrons. The molecule has 0 unspecified atom stereocenters. The van der Waals surface area contributed by atoms with E-state index in [1.54, 1.807) is 0 Å². The van der Waals surface area contributed by atoms with Crippen LogP contribution in [0.1, 0.15) is 203 Å². The van der Waals surface area contributed by atoms with E-state index < -0.39 is 0 Å². The molecule has 0 radical (unpaired) electrons. The van der Waals surface area contributed by atoms with Crippen molar-refractivity contribution >= 4 is 0 Å². The second-order valence-electron chi connectivity index (χ2n) is 15.5. The van der Waals surface area contributed by atoms with E-state index in [1.165, 1.54) is 55.6 Å². The highest BCUT2D eigenvalue weighted by Crippen LogP contribution is 2.53. The van der Waals surface area contributed by atoms with Crippen LogP contribution in [0.2, 0.25) is 0 Å². The minimum absolute atomic E-state index is 0.273. The Hall–Kier alpha value is -2.54. The molecule has 0 heterocycles. The molecule has 43 heavy (non-hydrogen) atoms. The third kappa shape index (κ3) is 6.92. The predicted molar refractivity (Wildman–Crippen MR) is 192 cm³/mol. The van der Waals surface area contributed by atoms with Gasteiger partial charge >= 0.3 is 0 Å². The zero-order chi connectivity index (χ0) is 32.7. The molecule has 1 heteroatoms. The summed E-state index contributed by atoms with van der Waals surface area (Å²) in [6.07, 6.45) is 0. The molecule has 0 aromatic heterocycles. The molecule has 0 aliphatic heterocycles. The van der Waals surface area contributed by atoms with Gasteiger partial charge in [-0.25, -0.2) is 0 Å². The summed E-state index contributed by atoms with van der Waals surface area (Å²) in [6.45, 7) is 36.7. The molecule has 3 rings (SSSR count). The van der Waals surface area contributed by atoms with Crippen molar-refractivity contribution in [3.05, 3.63) is 74.8 Å². The molecule has 0 amide bonds. The van der Waals surface area contributed by atoms with E-state index in [-0.39, 0.29) is 11.8 Å². The number of aromatic hydroxyl groups is 1. The lowest BCUT2D eigenvalue weighted by atomic mass is 9.74. The second kappa shape index (κ2) is 13.6. The van der Waals surface area contributed by atoms with Crippen LogP contribution in [-0.2, 0) is 0 Å². The lowest BCUT2D eigenvalue weighted by molar-refractivity contribution is 0.476. The van der Waals surface area contributed by atoms with Crippen LogP contribution < -0.4 is 0 Å². The average molecular weight is 583 g/mol. The minimum Gasteiger partial charge on any atom is -0.507 e. The van der Waals surface area contributed by atoms with Crippen molar-refractivity contribution in [1.29, 1.82) is 0 Å². The SMILES string of the molecule is CC(C)c1cc(C(C)C)c(-c2c(C(C)C)cc(C(C)C)c(-c3c(C(C)C)cc(C(C)C)cc3C(C)C)c2O)c(C(C)C)c1. The standard InChI is InChI=1S/C42H62O/c1-22(2)30-17-32(24(5)6)38(33(18-30)25(7)8)40-36(28(13)14)21-37(29(15)16)41(42(40)43)39-34(26(9)10)19-31(23(3)4)20-35(39)27(11)12/h17-29,43H,1-16H3. The minimum atomic E-state index is 0.273. The smallest absolute Gasteiger partial charge is 0.131 e. The van der Waals surface area contributed by atoms with E-state index in [0.29, 0.717) is 41.3 Å². The summed E-state index contributed by atoms with van der Waals surface area (Å²) in [5, 5.41) is 12.9. The summed E-state index contributed by atoms with van der Waals surface area (Å²) >= 11 is 0. The van der Waals surface area contributed by atoms with Crippen LogP contribution in [0.25, 0.3) is 22.3 Å². The van der Waals surface area contributed by atoms with Crippen molar-refractivity contribution in [3.63, 3.8) is 0 Å². The van der Waals surface area contributed by atoms with Crippen LogP contribution in [0.5, 0.6) is 5.75 Å². The monoisotopic (exact) mass is 582 g/mol. The Balaban J connectivity index is 2.72. The molecule has 0 saturated carbocycles. The lowest BCUT2D eigenvalue weighted by Gasteiger charge is -2.31. The molecule has 0 bridgehead atoms. The first kappa shape index (κ1) is 34.9. The van der Waals surface area contributed by atoms with Gasteiger partial charge in [-0.1, -0.05) is 141 Å². The number of hydrogen-bond donors (Lipinski definition) is 1. The Kier molecular flexibility index (Phi) is 11.1. The topological polar surface area (TPSA) is 20.2 Å². The van der Waals surface area contributed by atoms with E-state index in [4.69, 9.17) is 0 Å². The van der Waals surface area contributed by atoms with E-state index in [2.05, 4.69) is 141 Å². The van der Waals surface area contributed by atoms with Gasteiger partial charge in [0.15, 0.2) is 0 Å². The molecule has 0 atom stereocenters. The zero-order valence-corrected chi connectivity index (χ0v) is 30.5. The summed E-state index contributed by atoms with van der Waals surface area (Å²) in [5.74, 6) is 3.25. The molecule has 3 aromatic rings. The van der Waals surface area contributed by atoms with Gasteiger partial charge in [-0.05, 0) is 103 Å². The second-order valence-corrected chi connectivity index (χ2v) is 15.5. The molecule has 1 nitrogen and oxygen atoms in total. The van der Waals surface area contributed by atoms with Crippen LogP contribution >= 0.6 is 0 Å². The largest absolute Gasteiger partial charge is 0.507 e. The van der Waals surface area contributed by atoms with Crippen molar-refractivity contribution < 1.29 is 5.11 Å². The highest BCUT2D eigenvalue weighted by atomic mass is 16.3. The van der Waals surface area contributed by atoms with Crippen molar-refractivity contribution in [2.24, 2.45) is 0 Å². The third-order valence-corrected chi connectivity index (χ3v) is 9.37. The molecular formula is C42H62O. The zero-order valence-electron chi connectivity index (χ0n) is 30.5. The Bertz CT molecular complexity index is 1260. The van der Waals surface area contributed by atoms with Crippen molar-refractivity contribution in [2.45, 2.75) is 158 Å². The van der Waals surface area contributed by atoms with E-state index in [1.807, 2.05) is 0 Å². The van der Waals surface area contributed by atoms with Crippen molar-refractivity contribution in [1.82, 2.24) is 0 Å². The normalized spacial score (nSPS) is 12.6. The van der Waals surface area contributed by atoms with E-state index in [0.717, 1.165) is 11.1 Å². The number of phenols is 1. The fourth-order valence-corrected chi connectivity index (χ4v) is 6.64. The molecule has 3 aromatic carbocycles. The molecule has 0 saturated heterocycles. The number of phenolic OH excluding ortho intramolecular Hbond substituents is 1. The summed E-state index contributed by atoms with van der Waals surface area (Å²) in [5.41, 5.74) is 15.3. The maximum absolute atomic E-state index is 12.9. The Labute approximate surface area is 265 Å². The molecular weight excluding hydrogens is 520 g/mol. The van der Waals surface area contributed by atoms with Gasteiger partial charge < -0.3 is 5.11 Å². The number of benzene rings is 3. The van der Waals surface area contributed by atoms with Crippen LogP contribution in [0, 0.1) is 0 Å². The summed E-state index contributed by atoms with van der Waals surface area (Å²) in [4.78, 5) is 0. The fraction of sp³-hybridized carbons (Fsp3) is 0.571. The van der Waals surface area contributed by atoms with Gasteiger partial charge in [0.2, 0.25) is 0 Å². The molecule has 1 N–H and O–H groups in total. The third-order valence-electron chi connectivity index (χ3n) is 9.37. The van der Waals surface area contributed by atoms with Crippen molar-refractivity contribution in [3.8, 4) is 28.0 Å². The summed E-state index contributed by atoms with van der Waals surface area (Å²) in [6, 6.07) is 12.1. The lowest BCUT2D eigenvalue weighted by Crippen LogP contribution is -2.10. The fourth-order valence-electron chi connectivity index (χ4n) is 6.64. The van der Waals surface area contributed by atoms with Crippen molar-refractivity contribution in [2.75, 3.05) is 0 Å². The van der Waals surface area contributed by atoms with Gasteiger partial charge in [0.1, 0.15) is 5.75 Å². The van der Waals surface area contributed by atoms with E-state index in [9.17, 15) is 5.11 Å². The van der Waals surface area contributed by atoms with Crippen LogP contribution in [-0.4, -0.2) is 5.11 Å². The Morgan fingerprint density at radius 1 is 0.302 bits per heavy atom. The van der Waals surface area contributed by atoms with Gasteiger partial charge in [0.25, 0.3) is 0 Å². The Morgan fingerprint density at radius 2 is 0.512 bits per heavy atom. The first-order chi connectivity index (χ1) is 19.9. The first-order valence-electron chi connectivity index (χ1n) is 17.2. The van der Waals surface area contributed by atoms with Crippen LogP contribution in [0.3, 0.4) is 0 Å². The molecule has 0 fully saturated rings. The molecule has 0 aliphatic rings. The Morgan fingerprint density at radius 3 is 0.698 bits per heavy atom. The maximum atomic E-state index is 12.9. The molecule has 0 aliphatic carbocycles. The van der Waals surface area contributed by atoms with Gasteiger partial charge in [0.05, 0.1) is 0 Å². The van der Waals surface area contributed by atoms with Gasteiger partial charge in [-0.3, -0.25) is 0 Å². The number of hydrogen-bond acceptors (Lipinski definition) is 1. The van der Waals surface area contributed by atoms with Gasteiger partial charge in [-0.15, -0.1) is 0 Å². The number of rotatable bonds is 10. The highest BCUT2D eigenvalue weighted by Gasteiger charge is 2.30. The first-order valence-corrected chi connectivity index (χ1v) is 17.2. The molecule has 0 spiro atoms. The summed E-state index contributed by atoms with van der Waals surface area (Å²) < 4.78 is 0. The highest BCUT2D eigenvalue weighted by molar-refractivity contribution is 5.92. The van der Waals surface area contributed by atoms with Gasteiger partial charge in [0, 0.05) is 11.1 Å². The average Bonchev–Trinajstić information content (AvgIpc) is 2.90. The predicted octanol–water partition coefficient (Wildman–Crippen LogP) is 13.7. The van der Waals surface area contributed by atoms with Crippen LogP contribution in [0.4, 0.5) is 0 Å². The maximum Gasteiger partial charge on any atom is 0.131 e. The quantitative estimate of drug-likeness (QED) is 0.252. The van der Waals surface area contributed by atoms with E-state index >= 15 is 0 Å². The summed E-state index contributed by atoms with van der Waals surface area (Å²) in [7, 11) is 0.